The minimum atomic E-state index is -0.220. The highest BCUT2D eigenvalue weighted by Gasteiger charge is 2.19. The van der Waals surface area contributed by atoms with E-state index >= 15 is 0 Å². The van der Waals surface area contributed by atoms with Gasteiger partial charge in [-0.3, -0.25) is 10.1 Å². The van der Waals surface area contributed by atoms with Crippen LogP contribution in [-0.2, 0) is 5.41 Å². The lowest BCUT2D eigenvalue weighted by molar-refractivity contribution is 0.102. The third kappa shape index (κ3) is 4.58. The van der Waals surface area contributed by atoms with Crippen molar-refractivity contribution in [2.75, 3.05) is 11.6 Å². The second-order valence-corrected chi connectivity index (χ2v) is 9.97. The van der Waals surface area contributed by atoms with Crippen LogP contribution in [0.4, 0.5) is 5.13 Å². The lowest BCUT2D eigenvalue weighted by Gasteiger charge is -2.18. The zero-order valence-electron chi connectivity index (χ0n) is 18.6. The number of nitrogens with one attached hydrogen (secondary N) is 1. The number of amides is 1. The Bertz CT molecular complexity index is 1250. The Balaban J connectivity index is 1.52. The third-order valence-electron chi connectivity index (χ3n) is 5.06. The maximum atomic E-state index is 12.6. The van der Waals surface area contributed by atoms with Gasteiger partial charge >= 0.3 is 0 Å². The quantitative estimate of drug-likeness (QED) is 0.400. The van der Waals surface area contributed by atoms with Crippen molar-refractivity contribution < 1.29 is 4.79 Å². The van der Waals surface area contributed by atoms with Gasteiger partial charge in [-0.1, -0.05) is 44.2 Å². The van der Waals surface area contributed by atoms with Crippen LogP contribution in [0.25, 0.3) is 17.2 Å². The van der Waals surface area contributed by atoms with Crippen LogP contribution in [0.2, 0.25) is 0 Å². The molecule has 0 radical (unpaired) electrons. The van der Waals surface area contributed by atoms with Crippen molar-refractivity contribution in [2.45, 2.75) is 38.0 Å². The van der Waals surface area contributed by atoms with E-state index in [9.17, 15) is 4.79 Å². The molecule has 0 unspecified atom stereocenters. The first-order valence-corrected chi connectivity index (χ1v) is 12.1. The molecule has 0 bridgehead atoms. The summed E-state index contributed by atoms with van der Waals surface area (Å²) >= 11 is 2.79. The number of benzene rings is 2. The van der Waals surface area contributed by atoms with Crippen LogP contribution in [0.5, 0.6) is 0 Å². The molecule has 0 atom stereocenters. The van der Waals surface area contributed by atoms with Gasteiger partial charge in [0.2, 0.25) is 5.13 Å². The number of anilines is 1. The molecule has 0 aliphatic carbocycles. The molecule has 9 heteroatoms. The zero-order valence-corrected chi connectivity index (χ0v) is 20.2. The molecular weight excluding hydrogens is 440 g/mol. The van der Waals surface area contributed by atoms with Crippen molar-refractivity contribution in [3.05, 3.63) is 65.4 Å². The van der Waals surface area contributed by atoms with Crippen LogP contribution >= 0.6 is 23.3 Å². The highest BCUT2D eigenvalue weighted by atomic mass is 32.2. The van der Waals surface area contributed by atoms with Crippen molar-refractivity contribution in [2.24, 2.45) is 0 Å². The molecule has 2 heterocycles. The van der Waals surface area contributed by atoms with E-state index in [1.54, 1.807) is 16.4 Å². The summed E-state index contributed by atoms with van der Waals surface area (Å²) in [4.78, 5) is 18.2. The molecule has 0 fully saturated rings. The molecular formula is C23H24N6OS2. The number of carbonyl (C=O) groups excluding carboxylic acids is 1. The predicted molar refractivity (Wildman–Crippen MR) is 130 cm³/mol. The van der Waals surface area contributed by atoms with E-state index in [4.69, 9.17) is 0 Å². The topological polar surface area (TPSA) is 85.6 Å². The van der Waals surface area contributed by atoms with Gasteiger partial charge in [-0.05, 0) is 54.5 Å². The predicted octanol–water partition coefficient (Wildman–Crippen LogP) is 5.37. The maximum absolute atomic E-state index is 12.6. The average molecular weight is 465 g/mol. The standard InChI is InChI=1S/C23H24N6OS2/c1-14-19(26-28-29(14)17-7-6-8-18(13-17)31-5)20-24-22(32-27-20)25-21(30)15-9-11-16(12-10-15)23(2,3)4/h6-13H,1-5H3,(H,24,25,27,30). The molecule has 0 spiro atoms. The summed E-state index contributed by atoms with van der Waals surface area (Å²) in [6.45, 7) is 8.35. The molecule has 0 aliphatic heterocycles. The van der Waals surface area contributed by atoms with Crippen molar-refractivity contribution in [3.8, 4) is 17.2 Å². The SMILES string of the molecule is CSc1cccc(-n2nnc(-c3nsc(NC(=O)c4ccc(C(C)(C)C)cc4)n3)c2C)c1. The Hall–Kier alpha value is -3.04. The number of thioether (sulfide) groups is 1. The highest BCUT2D eigenvalue weighted by Crippen LogP contribution is 2.26. The Morgan fingerprint density at radius 3 is 2.56 bits per heavy atom. The molecule has 32 heavy (non-hydrogen) atoms. The van der Waals surface area contributed by atoms with Gasteiger partial charge in [-0.25, -0.2) is 4.68 Å². The zero-order chi connectivity index (χ0) is 22.9. The molecule has 7 nitrogen and oxygen atoms in total. The summed E-state index contributed by atoms with van der Waals surface area (Å²) in [5, 5.41) is 11.8. The Kier molecular flexibility index (Phi) is 6.12. The Morgan fingerprint density at radius 1 is 1.12 bits per heavy atom. The minimum absolute atomic E-state index is 0.0368. The molecule has 0 saturated carbocycles. The largest absolute Gasteiger partial charge is 0.297 e. The minimum Gasteiger partial charge on any atom is -0.297 e. The second kappa shape index (κ2) is 8.84. The van der Waals surface area contributed by atoms with E-state index in [2.05, 4.69) is 57.9 Å². The summed E-state index contributed by atoms with van der Waals surface area (Å²) in [6.07, 6.45) is 2.03. The number of aromatic nitrogens is 5. The van der Waals surface area contributed by atoms with E-state index in [1.165, 1.54) is 5.56 Å². The van der Waals surface area contributed by atoms with Gasteiger partial charge in [-0.2, -0.15) is 9.36 Å². The molecule has 1 N–H and O–H groups in total. The normalized spacial score (nSPS) is 11.5. The van der Waals surface area contributed by atoms with Gasteiger partial charge in [-0.15, -0.1) is 16.9 Å². The van der Waals surface area contributed by atoms with Crippen molar-refractivity contribution >= 4 is 34.3 Å². The summed E-state index contributed by atoms with van der Waals surface area (Å²) in [5.41, 5.74) is 4.13. The van der Waals surface area contributed by atoms with Gasteiger partial charge in [0.05, 0.1) is 11.4 Å². The van der Waals surface area contributed by atoms with E-state index in [0.29, 0.717) is 22.2 Å². The lowest BCUT2D eigenvalue weighted by atomic mass is 9.87. The lowest BCUT2D eigenvalue weighted by Crippen LogP contribution is -2.14. The maximum Gasteiger partial charge on any atom is 0.257 e. The van der Waals surface area contributed by atoms with Gasteiger partial charge < -0.3 is 0 Å². The molecule has 4 aromatic rings. The Labute approximate surface area is 195 Å². The summed E-state index contributed by atoms with van der Waals surface area (Å²) in [5.74, 6) is 0.223. The molecule has 0 saturated heterocycles. The molecule has 4 rings (SSSR count). The van der Waals surface area contributed by atoms with Crippen LogP contribution in [0, 0.1) is 6.92 Å². The van der Waals surface area contributed by atoms with Crippen LogP contribution in [0.15, 0.2) is 53.4 Å². The molecule has 2 aromatic carbocycles. The molecule has 164 valence electrons. The number of hydrogen-bond acceptors (Lipinski definition) is 7. The monoisotopic (exact) mass is 464 g/mol. The number of carbonyl (C=O) groups is 1. The molecule has 0 aliphatic rings. The number of nitrogens with zero attached hydrogens (tertiary/aromatic N) is 5. The summed E-state index contributed by atoms with van der Waals surface area (Å²) in [7, 11) is 0. The smallest absolute Gasteiger partial charge is 0.257 e. The van der Waals surface area contributed by atoms with E-state index in [0.717, 1.165) is 27.8 Å². The summed E-state index contributed by atoms with van der Waals surface area (Å²) in [6, 6.07) is 15.7. The van der Waals surface area contributed by atoms with Crippen LogP contribution in [0.3, 0.4) is 0 Å². The fourth-order valence-corrected chi connectivity index (χ4v) is 4.20. The van der Waals surface area contributed by atoms with Gasteiger partial charge in [0, 0.05) is 22.0 Å². The third-order valence-corrected chi connectivity index (χ3v) is 6.42. The van der Waals surface area contributed by atoms with E-state index < -0.39 is 0 Å². The number of rotatable bonds is 5. The van der Waals surface area contributed by atoms with Crippen LogP contribution in [0.1, 0.15) is 42.4 Å². The van der Waals surface area contributed by atoms with Gasteiger partial charge in [0.15, 0.2) is 11.5 Å². The van der Waals surface area contributed by atoms with E-state index in [-0.39, 0.29) is 11.3 Å². The first kappa shape index (κ1) is 22.2. The first-order chi connectivity index (χ1) is 15.3. The molecule has 2 aromatic heterocycles. The van der Waals surface area contributed by atoms with Crippen LogP contribution < -0.4 is 5.32 Å². The van der Waals surface area contributed by atoms with Crippen molar-refractivity contribution in [3.63, 3.8) is 0 Å². The van der Waals surface area contributed by atoms with Gasteiger partial charge in [0.1, 0.15) is 0 Å². The van der Waals surface area contributed by atoms with Gasteiger partial charge in [0.25, 0.3) is 5.91 Å². The second-order valence-electron chi connectivity index (χ2n) is 8.34. The Morgan fingerprint density at radius 2 is 1.88 bits per heavy atom. The van der Waals surface area contributed by atoms with Crippen molar-refractivity contribution in [1.82, 2.24) is 24.4 Å². The summed E-state index contributed by atoms with van der Waals surface area (Å²) < 4.78 is 6.15. The van der Waals surface area contributed by atoms with Crippen LogP contribution in [-0.4, -0.2) is 36.5 Å². The fraction of sp³-hybridized carbons (Fsp3) is 0.261. The van der Waals surface area contributed by atoms with Crippen molar-refractivity contribution in [1.29, 1.82) is 0 Å². The molecule has 1 amide bonds. The number of hydrogen-bond donors (Lipinski definition) is 1. The average Bonchev–Trinajstić information content (AvgIpc) is 3.39. The fourth-order valence-electron chi connectivity index (χ4n) is 3.18. The first-order valence-electron chi connectivity index (χ1n) is 10.1. The van der Waals surface area contributed by atoms with E-state index in [1.807, 2.05) is 49.6 Å². The highest BCUT2D eigenvalue weighted by molar-refractivity contribution is 7.98.